The summed E-state index contributed by atoms with van der Waals surface area (Å²) >= 11 is 6.28. The third-order valence-electron chi connectivity index (χ3n) is 4.47. The summed E-state index contributed by atoms with van der Waals surface area (Å²) in [5, 5.41) is 7.17. The van der Waals surface area contributed by atoms with Gasteiger partial charge < -0.3 is 14.7 Å². The van der Waals surface area contributed by atoms with Crippen LogP contribution in [-0.2, 0) is 0 Å². The Morgan fingerprint density at radius 2 is 2.12 bits per heavy atom. The van der Waals surface area contributed by atoms with Crippen LogP contribution in [0, 0.1) is 6.92 Å². The van der Waals surface area contributed by atoms with Crippen LogP contribution in [0.4, 0.5) is 5.69 Å². The zero-order valence-corrected chi connectivity index (χ0v) is 15.3. The van der Waals surface area contributed by atoms with E-state index in [1.807, 2.05) is 19.1 Å². The summed E-state index contributed by atoms with van der Waals surface area (Å²) in [6.45, 7) is 5.74. The van der Waals surface area contributed by atoms with Crippen molar-refractivity contribution in [2.45, 2.75) is 45.6 Å². The van der Waals surface area contributed by atoms with Gasteiger partial charge in [0.15, 0.2) is 5.82 Å². The highest BCUT2D eigenvalue weighted by Gasteiger charge is 2.22. The van der Waals surface area contributed by atoms with Gasteiger partial charge in [0, 0.05) is 18.8 Å². The quantitative estimate of drug-likeness (QED) is 0.873. The van der Waals surface area contributed by atoms with Crippen LogP contribution in [0.5, 0.6) is 0 Å². The van der Waals surface area contributed by atoms with E-state index in [-0.39, 0.29) is 11.9 Å². The number of aromatic nitrogens is 2. The Hall–Kier alpha value is -2.08. The summed E-state index contributed by atoms with van der Waals surface area (Å²) in [7, 11) is 0. The molecule has 1 N–H and O–H groups in total. The summed E-state index contributed by atoms with van der Waals surface area (Å²) in [6, 6.07) is 5.30. The second-order valence-corrected chi connectivity index (χ2v) is 6.73. The van der Waals surface area contributed by atoms with Crippen LogP contribution >= 0.6 is 11.6 Å². The summed E-state index contributed by atoms with van der Waals surface area (Å²) in [5.74, 6) is 0.732. The lowest BCUT2D eigenvalue weighted by Gasteiger charge is -2.29. The van der Waals surface area contributed by atoms with E-state index in [1.54, 1.807) is 13.0 Å². The number of nitrogens with zero attached hydrogens (tertiary/aromatic N) is 3. The summed E-state index contributed by atoms with van der Waals surface area (Å²) in [5.41, 5.74) is 1.51. The molecule has 2 aromatic rings. The molecular weight excluding hydrogens is 340 g/mol. The van der Waals surface area contributed by atoms with Crippen LogP contribution in [0.15, 0.2) is 22.7 Å². The van der Waals surface area contributed by atoms with E-state index in [0.717, 1.165) is 18.8 Å². The van der Waals surface area contributed by atoms with E-state index in [4.69, 9.17) is 16.1 Å². The number of anilines is 1. The van der Waals surface area contributed by atoms with Crippen LogP contribution in [-0.4, -0.2) is 29.1 Å². The molecule has 0 unspecified atom stereocenters. The molecule has 1 saturated heterocycles. The molecule has 0 aliphatic carbocycles. The third-order valence-corrected chi connectivity index (χ3v) is 4.80. The molecule has 6 nitrogen and oxygen atoms in total. The van der Waals surface area contributed by atoms with Gasteiger partial charge in [-0.15, -0.1) is 0 Å². The number of benzene rings is 1. The van der Waals surface area contributed by atoms with Gasteiger partial charge in [-0.25, -0.2) is 0 Å². The van der Waals surface area contributed by atoms with Crippen LogP contribution in [0.25, 0.3) is 0 Å². The van der Waals surface area contributed by atoms with E-state index < -0.39 is 0 Å². The maximum absolute atomic E-state index is 12.7. The fourth-order valence-electron chi connectivity index (χ4n) is 3.07. The van der Waals surface area contributed by atoms with Crippen molar-refractivity contribution in [3.8, 4) is 0 Å². The molecule has 1 aromatic carbocycles. The first-order valence-electron chi connectivity index (χ1n) is 8.74. The largest absolute Gasteiger partial charge is 0.372 e. The number of aryl methyl sites for hydroxylation is 1. The average Bonchev–Trinajstić information content (AvgIpc) is 3.07. The minimum Gasteiger partial charge on any atom is -0.372 e. The Labute approximate surface area is 152 Å². The fourth-order valence-corrected chi connectivity index (χ4v) is 3.27. The monoisotopic (exact) mass is 362 g/mol. The van der Waals surface area contributed by atoms with E-state index in [2.05, 4.69) is 20.4 Å². The number of hydrogen-bond donors (Lipinski definition) is 1. The minimum atomic E-state index is -0.330. The SMILES string of the molecule is CC[C@@H](NC(=O)c1cc(N2CCCCC2)ccc1Cl)c1nc(C)no1. The molecule has 0 bridgehead atoms. The first-order valence-corrected chi connectivity index (χ1v) is 9.12. The molecule has 1 amide bonds. The molecule has 3 rings (SSSR count). The average molecular weight is 363 g/mol. The molecule has 1 atom stereocenters. The van der Waals surface area contributed by atoms with Gasteiger partial charge in [0.2, 0.25) is 5.89 Å². The number of hydrogen-bond acceptors (Lipinski definition) is 5. The molecule has 1 aliphatic rings. The van der Waals surface area contributed by atoms with Gasteiger partial charge in [0.05, 0.1) is 10.6 Å². The van der Waals surface area contributed by atoms with Crippen molar-refractivity contribution in [1.82, 2.24) is 15.5 Å². The van der Waals surface area contributed by atoms with Crippen molar-refractivity contribution < 1.29 is 9.32 Å². The second-order valence-electron chi connectivity index (χ2n) is 6.33. The molecular formula is C18H23ClN4O2. The molecule has 134 valence electrons. The topological polar surface area (TPSA) is 71.3 Å². The number of halogens is 1. The maximum atomic E-state index is 12.7. The molecule has 1 fully saturated rings. The molecule has 1 aliphatic heterocycles. The van der Waals surface area contributed by atoms with Crippen LogP contribution in [0.3, 0.4) is 0 Å². The molecule has 0 spiro atoms. The highest BCUT2D eigenvalue weighted by Crippen LogP contribution is 2.26. The molecule has 1 aromatic heterocycles. The van der Waals surface area contributed by atoms with Crippen molar-refractivity contribution in [3.05, 3.63) is 40.5 Å². The molecule has 2 heterocycles. The fraction of sp³-hybridized carbons (Fsp3) is 0.500. The zero-order valence-electron chi connectivity index (χ0n) is 14.6. The lowest BCUT2D eigenvalue weighted by molar-refractivity contribution is 0.0927. The Bertz CT molecular complexity index is 740. The molecule has 0 radical (unpaired) electrons. The molecule has 25 heavy (non-hydrogen) atoms. The number of rotatable bonds is 5. The van der Waals surface area contributed by atoms with Crippen molar-refractivity contribution in [2.75, 3.05) is 18.0 Å². The number of carbonyl (C=O) groups is 1. The highest BCUT2D eigenvalue weighted by molar-refractivity contribution is 6.34. The van der Waals surface area contributed by atoms with E-state index in [1.165, 1.54) is 19.3 Å². The van der Waals surface area contributed by atoms with Crippen LogP contribution in [0.1, 0.15) is 60.7 Å². The zero-order chi connectivity index (χ0) is 17.8. The van der Waals surface area contributed by atoms with Gasteiger partial charge in [0.25, 0.3) is 5.91 Å². The Balaban J connectivity index is 1.78. The van der Waals surface area contributed by atoms with Gasteiger partial charge in [-0.05, 0) is 50.8 Å². The Morgan fingerprint density at radius 1 is 1.36 bits per heavy atom. The van der Waals surface area contributed by atoms with Crippen LogP contribution < -0.4 is 10.2 Å². The summed E-state index contributed by atoms with van der Waals surface area (Å²) in [4.78, 5) is 19.3. The van der Waals surface area contributed by atoms with E-state index >= 15 is 0 Å². The smallest absolute Gasteiger partial charge is 0.253 e. The predicted octanol–water partition coefficient (Wildman–Crippen LogP) is 3.90. The lowest BCUT2D eigenvalue weighted by Crippen LogP contribution is -2.31. The molecule has 7 heteroatoms. The van der Waals surface area contributed by atoms with Crippen LogP contribution in [0.2, 0.25) is 5.02 Å². The minimum absolute atomic E-state index is 0.230. The standard InChI is InChI=1S/C18H23ClN4O2/c1-3-16(18-20-12(2)22-25-18)21-17(24)14-11-13(7-8-15(14)19)23-9-5-4-6-10-23/h7-8,11,16H,3-6,9-10H2,1-2H3,(H,21,24)/t16-/m1/s1. The predicted molar refractivity (Wildman–Crippen MR) is 97.0 cm³/mol. The Morgan fingerprint density at radius 3 is 2.76 bits per heavy atom. The number of nitrogens with one attached hydrogen (secondary N) is 1. The highest BCUT2D eigenvalue weighted by atomic mass is 35.5. The first-order chi connectivity index (χ1) is 12.1. The Kier molecular flexibility index (Phi) is 5.58. The van der Waals surface area contributed by atoms with Gasteiger partial charge in [-0.1, -0.05) is 23.7 Å². The van der Waals surface area contributed by atoms with E-state index in [0.29, 0.717) is 28.7 Å². The van der Waals surface area contributed by atoms with E-state index in [9.17, 15) is 4.79 Å². The van der Waals surface area contributed by atoms with Crippen molar-refractivity contribution >= 4 is 23.2 Å². The summed E-state index contributed by atoms with van der Waals surface area (Å²) < 4.78 is 5.19. The van der Waals surface area contributed by atoms with Gasteiger partial charge in [0.1, 0.15) is 6.04 Å². The van der Waals surface area contributed by atoms with Gasteiger partial charge in [-0.2, -0.15) is 4.98 Å². The summed E-state index contributed by atoms with van der Waals surface area (Å²) in [6.07, 6.45) is 4.27. The number of amides is 1. The molecule has 0 saturated carbocycles. The lowest BCUT2D eigenvalue weighted by atomic mass is 10.1. The third kappa shape index (κ3) is 4.12. The van der Waals surface area contributed by atoms with Crippen molar-refractivity contribution in [3.63, 3.8) is 0 Å². The number of carbonyl (C=O) groups excluding carboxylic acids is 1. The maximum Gasteiger partial charge on any atom is 0.253 e. The van der Waals surface area contributed by atoms with Crippen molar-refractivity contribution in [1.29, 1.82) is 0 Å². The van der Waals surface area contributed by atoms with Gasteiger partial charge in [-0.3, -0.25) is 4.79 Å². The first kappa shape index (κ1) is 17.7. The van der Waals surface area contributed by atoms with Gasteiger partial charge >= 0.3 is 0 Å². The van der Waals surface area contributed by atoms with Crippen molar-refractivity contribution in [2.24, 2.45) is 0 Å². The number of piperidine rings is 1. The second kappa shape index (κ2) is 7.87. The normalized spacial score (nSPS) is 15.9.